The average Bonchev–Trinajstić information content (AvgIpc) is 3.19. The van der Waals surface area contributed by atoms with Crippen molar-refractivity contribution in [1.82, 2.24) is 4.98 Å². The number of carbonyl (C=O) groups excluding carboxylic acids is 1. The van der Waals surface area contributed by atoms with Gasteiger partial charge in [-0.15, -0.1) is 0 Å². The van der Waals surface area contributed by atoms with Crippen LogP contribution in [0.3, 0.4) is 0 Å². The third-order valence-electron chi connectivity index (χ3n) is 4.46. The molecule has 1 aromatic heterocycles. The Bertz CT molecular complexity index is 482. The maximum Gasteiger partial charge on any atom is 0.376 e. The largest absolute Gasteiger partial charge is 0.460 e. The predicted octanol–water partition coefficient (Wildman–Crippen LogP) is 4.02. The summed E-state index contributed by atoms with van der Waals surface area (Å²) in [7, 11) is 0. The molecule has 0 bridgehead atoms. The van der Waals surface area contributed by atoms with E-state index in [0.29, 0.717) is 24.2 Å². The quantitative estimate of drug-likeness (QED) is 0.780. The number of hydrogen-bond acceptors (Lipinski definition) is 4. The van der Waals surface area contributed by atoms with Gasteiger partial charge in [-0.05, 0) is 51.4 Å². The normalized spacial score (nSPS) is 26.5. The van der Waals surface area contributed by atoms with E-state index in [4.69, 9.17) is 9.15 Å². The van der Waals surface area contributed by atoms with Crippen molar-refractivity contribution in [2.24, 2.45) is 5.92 Å². The highest BCUT2D eigenvalue weighted by Crippen LogP contribution is 2.43. The first-order valence-corrected chi connectivity index (χ1v) is 7.86. The van der Waals surface area contributed by atoms with Gasteiger partial charge in [0.05, 0.1) is 12.3 Å². The van der Waals surface area contributed by atoms with Crippen LogP contribution in [0.4, 0.5) is 0 Å². The molecule has 0 unspecified atom stereocenters. The number of ether oxygens (including phenoxy) is 1. The minimum atomic E-state index is -0.350. The highest BCUT2D eigenvalue weighted by molar-refractivity contribution is 5.87. The zero-order valence-corrected chi connectivity index (χ0v) is 12.4. The van der Waals surface area contributed by atoms with Crippen LogP contribution >= 0.6 is 0 Å². The highest BCUT2D eigenvalue weighted by Gasteiger charge is 2.36. The van der Waals surface area contributed by atoms with Crippen molar-refractivity contribution in [3.63, 3.8) is 0 Å². The molecule has 0 radical (unpaired) electrons. The summed E-state index contributed by atoms with van der Waals surface area (Å²) in [5.41, 5.74) is 0.845. The predicted molar refractivity (Wildman–Crippen MR) is 74.8 cm³/mol. The molecule has 1 aromatic rings. The van der Waals surface area contributed by atoms with E-state index in [9.17, 15) is 4.79 Å². The number of aromatic nitrogens is 1. The van der Waals surface area contributed by atoms with E-state index in [1.54, 1.807) is 0 Å². The van der Waals surface area contributed by atoms with Crippen LogP contribution in [0.5, 0.6) is 0 Å². The number of esters is 1. The standard InChI is InChI=1S/C16H23NO3/c1-3-19-16(18)14-13(11-8-9-11)17-15(20-14)12-6-4-10(2)5-7-12/h10-12H,3-9H2,1-2H3. The lowest BCUT2D eigenvalue weighted by atomic mass is 9.83. The Balaban J connectivity index is 1.81. The van der Waals surface area contributed by atoms with Crippen LogP contribution in [0.25, 0.3) is 0 Å². The Morgan fingerprint density at radius 2 is 1.85 bits per heavy atom. The first-order chi connectivity index (χ1) is 9.69. The highest BCUT2D eigenvalue weighted by atomic mass is 16.5. The van der Waals surface area contributed by atoms with Gasteiger partial charge in [-0.25, -0.2) is 9.78 Å². The monoisotopic (exact) mass is 277 g/mol. The fraction of sp³-hybridized carbons (Fsp3) is 0.750. The van der Waals surface area contributed by atoms with E-state index in [-0.39, 0.29) is 5.97 Å². The molecule has 0 saturated heterocycles. The summed E-state index contributed by atoms with van der Waals surface area (Å²) >= 11 is 0. The summed E-state index contributed by atoms with van der Waals surface area (Å²) in [4.78, 5) is 16.6. The molecule has 0 N–H and O–H groups in total. The van der Waals surface area contributed by atoms with Gasteiger partial charge in [0.2, 0.25) is 5.76 Å². The fourth-order valence-corrected chi connectivity index (χ4v) is 3.01. The van der Waals surface area contributed by atoms with Crippen LogP contribution in [-0.2, 0) is 4.74 Å². The fourth-order valence-electron chi connectivity index (χ4n) is 3.01. The van der Waals surface area contributed by atoms with Crippen LogP contribution in [0.15, 0.2) is 4.42 Å². The van der Waals surface area contributed by atoms with E-state index in [1.807, 2.05) is 6.92 Å². The lowest BCUT2D eigenvalue weighted by Gasteiger charge is -2.23. The Labute approximate surface area is 119 Å². The van der Waals surface area contributed by atoms with Crippen molar-refractivity contribution in [3.05, 3.63) is 17.3 Å². The van der Waals surface area contributed by atoms with Gasteiger partial charge in [0.15, 0.2) is 5.89 Å². The van der Waals surface area contributed by atoms with E-state index in [0.717, 1.165) is 43.2 Å². The van der Waals surface area contributed by atoms with Gasteiger partial charge in [-0.3, -0.25) is 0 Å². The van der Waals surface area contributed by atoms with Gasteiger partial charge >= 0.3 is 5.97 Å². The maximum absolute atomic E-state index is 12.0. The SMILES string of the molecule is CCOC(=O)c1oc(C2CCC(C)CC2)nc1C1CC1. The van der Waals surface area contributed by atoms with Crippen molar-refractivity contribution >= 4 is 5.97 Å². The topological polar surface area (TPSA) is 52.3 Å². The molecule has 0 atom stereocenters. The van der Waals surface area contributed by atoms with Gasteiger partial charge in [-0.2, -0.15) is 0 Å². The van der Waals surface area contributed by atoms with Gasteiger partial charge in [0, 0.05) is 11.8 Å². The van der Waals surface area contributed by atoms with Gasteiger partial charge in [0.1, 0.15) is 0 Å². The Morgan fingerprint density at radius 1 is 1.20 bits per heavy atom. The molecular weight excluding hydrogens is 254 g/mol. The third-order valence-corrected chi connectivity index (χ3v) is 4.46. The zero-order valence-electron chi connectivity index (χ0n) is 12.4. The molecule has 2 aliphatic rings. The van der Waals surface area contributed by atoms with Gasteiger partial charge in [-0.1, -0.05) is 6.92 Å². The lowest BCUT2D eigenvalue weighted by Crippen LogP contribution is -2.11. The minimum Gasteiger partial charge on any atom is -0.460 e. The molecule has 2 aliphatic carbocycles. The van der Waals surface area contributed by atoms with Crippen molar-refractivity contribution < 1.29 is 13.9 Å². The number of carbonyl (C=O) groups is 1. The first-order valence-electron chi connectivity index (χ1n) is 7.86. The van der Waals surface area contributed by atoms with Gasteiger partial charge in [0.25, 0.3) is 0 Å². The zero-order chi connectivity index (χ0) is 14.1. The Kier molecular flexibility index (Phi) is 3.81. The minimum absolute atomic E-state index is 0.350. The van der Waals surface area contributed by atoms with Crippen molar-refractivity contribution in [3.8, 4) is 0 Å². The summed E-state index contributed by atoms with van der Waals surface area (Å²) in [5, 5.41) is 0. The molecule has 4 heteroatoms. The molecule has 20 heavy (non-hydrogen) atoms. The number of hydrogen-bond donors (Lipinski definition) is 0. The summed E-state index contributed by atoms with van der Waals surface area (Å²) in [6, 6.07) is 0. The number of nitrogens with zero attached hydrogens (tertiary/aromatic N) is 1. The van der Waals surface area contributed by atoms with Crippen LogP contribution in [0.1, 0.15) is 86.3 Å². The van der Waals surface area contributed by atoms with Crippen molar-refractivity contribution in [2.45, 2.75) is 64.2 Å². The lowest BCUT2D eigenvalue weighted by molar-refractivity contribution is 0.0485. The molecule has 4 nitrogen and oxygen atoms in total. The summed E-state index contributed by atoms with van der Waals surface area (Å²) < 4.78 is 10.9. The number of oxazole rings is 1. The average molecular weight is 277 g/mol. The second-order valence-electron chi connectivity index (χ2n) is 6.22. The Morgan fingerprint density at radius 3 is 2.45 bits per heavy atom. The maximum atomic E-state index is 12.0. The van der Waals surface area contributed by atoms with Crippen LogP contribution in [0, 0.1) is 5.92 Å². The number of rotatable bonds is 4. The van der Waals surface area contributed by atoms with E-state index in [1.165, 1.54) is 12.8 Å². The molecule has 0 aliphatic heterocycles. The van der Waals surface area contributed by atoms with Crippen LogP contribution in [-0.4, -0.2) is 17.6 Å². The summed E-state index contributed by atoms with van der Waals surface area (Å²) in [6.45, 7) is 4.49. The molecule has 1 heterocycles. The van der Waals surface area contributed by atoms with E-state index in [2.05, 4.69) is 11.9 Å². The molecule has 2 fully saturated rings. The molecule has 0 spiro atoms. The van der Waals surface area contributed by atoms with Gasteiger partial charge < -0.3 is 9.15 Å². The molecule has 0 aromatic carbocycles. The second kappa shape index (κ2) is 5.58. The van der Waals surface area contributed by atoms with Crippen LogP contribution in [0.2, 0.25) is 0 Å². The van der Waals surface area contributed by atoms with Crippen LogP contribution < -0.4 is 0 Å². The van der Waals surface area contributed by atoms with E-state index < -0.39 is 0 Å². The molecule has 2 saturated carbocycles. The molecule has 110 valence electrons. The molecule has 3 rings (SSSR count). The smallest absolute Gasteiger partial charge is 0.376 e. The van der Waals surface area contributed by atoms with E-state index >= 15 is 0 Å². The summed E-state index contributed by atoms with van der Waals surface area (Å²) in [5.74, 6) is 2.37. The molecular formula is C16H23NO3. The van der Waals surface area contributed by atoms with Crippen molar-refractivity contribution in [2.75, 3.05) is 6.61 Å². The molecule has 0 amide bonds. The Hall–Kier alpha value is -1.32. The first kappa shape index (κ1) is 13.7. The second-order valence-corrected chi connectivity index (χ2v) is 6.22. The van der Waals surface area contributed by atoms with Crippen molar-refractivity contribution in [1.29, 1.82) is 0 Å². The third kappa shape index (κ3) is 2.74. The summed E-state index contributed by atoms with van der Waals surface area (Å²) in [6.07, 6.45) is 6.91.